The van der Waals surface area contributed by atoms with Gasteiger partial charge in [-0.05, 0) is 35.0 Å². The third kappa shape index (κ3) is 2.25. The van der Waals surface area contributed by atoms with Crippen LogP contribution in [-0.4, -0.2) is 22.0 Å². The summed E-state index contributed by atoms with van der Waals surface area (Å²) in [5.41, 5.74) is 2.60. The summed E-state index contributed by atoms with van der Waals surface area (Å²) in [5.74, 6) is 1.39. The van der Waals surface area contributed by atoms with Gasteiger partial charge in [0.1, 0.15) is 11.5 Å². The van der Waals surface area contributed by atoms with E-state index >= 15 is 0 Å². The minimum absolute atomic E-state index is 0.626. The van der Waals surface area contributed by atoms with Crippen LogP contribution in [0.4, 0.5) is 5.82 Å². The number of hydrogen-bond acceptors (Lipinski definition) is 4. The van der Waals surface area contributed by atoms with Gasteiger partial charge in [-0.3, -0.25) is 0 Å². The van der Waals surface area contributed by atoms with Crippen LogP contribution in [0.15, 0.2) is 40.9 Å². The molecular formula is C15H13BrN4. The highest BCUT2D eigenvalue weighted by atomic mass is 79.9. The van der Waals surface area contributed by atoms with Gasteiger partial charge in [-0.2, -0.15) is 0 Å². The Labute approximate surface area is 125 Å². The average molecular weight is 329 g/mol. The number of para-hydroxylation sites is 1. The van der Waals surface area contributed by atoms with Crippen LogP contribution < -0.4 is 5.32 Å². The first-order chi connectivity index (χ1) is 9.69. The lowest BCUT2D eigenvalue weighted by Gasteiger charge is -2.08. The number of nitrogens with one attached hydrogen (secondary N) is 1. The molecule has 0 saturated heterocycles. The Kier molecular flexibility index (Phi) is 3.36. The van der Waals surface area contributed by atoms with Crippen molar-refractivity contribution < 1.29 is 0 Å². The van der Waals surface area contributed by atoms with Crippen LogP contribution >= 0.6 is 15.9 Å². The van der Waals surface area contributed by atoms with Gasteiger partial charge in [0.2, 0.25) is 0 Å². The molecule has 3 rings (SSSR count). The molecule has 0 saturated carbocycles. The average Bonchev–Trinajstić information content (AvgIpc) is 2.49. The first-order valence-electron chi connectivity index (χ1n) is 6.27. The monoisotopic (exact) mass is 328 g/mol. The van der Waals surface area contributed by atoms with E-state index in [0.29, 0.717) is 5.82 Å². The van der Waals surface area contributed by atoms with Gasteiger partial charge >= 0.3 is 0 Å². The quantitative estimate of drug-likeness (QED) is 0.777. The summed E-state index contributed by atoms with van der Waals surface area (Å²) in [7, 11) is 1.84. The zero-order valence-corrected chi connectivity index (χ0v) is 12.8. The molecule has 1 N–H and O–H groups in total. The molecule has 20 heavy (non-hydrogen) atoms. The Morgan fingerprint density at radius 2 is 1.80 bits per heavy atom. The molecule has 0 aliphatic heterocycles. The molecule has 4 nitrogen and oxygen atoms in total. The zero-order chi connectivity index (χ0) is 14.1. The van der Waals surface area contributed by atoms with E-state index in [4.69, 9.17) is 0 Å². The molecule has 0 radical (unpaired) electrons. The van der Waals surface area contributed by atoms with Crippen LogP contribution in [0.25, 0.3) is 22.4 Å². The Hall–Kier alpha value is -2.01. The maximum absolute atomic E-state index is 4.62. The molecule has 100 valence electrons. The van der Waals surface area contributed by atoms with Crippen LogP contribution in [-0.2, 0) is 0 Å². The van der Waals surface area contributed by atoms with Gasteiger partial charge in [0.05, 0.1) is 15.7 Å². The number of hydrogen-bond donors (Lipinski definition) is 1. The number of benzene rings is 1. The molecule has 0 amide bonds. The van der Waals surface area contributed by atoms with Crippen molar-refractivity contribution in [1.29, 1.82) is 0 Å². The van der Waals surface area contributed by atoms with E-state index in [9.17, 15) is 0 Å². The molecule has 0 fully saturated rings. The first kappa shape index (κ1) is 13.0. The zero-order valence-electron chi connectivity index (χ0n) is 11.2. The number of nitrogens with zero attached hydrogens (tertiary/aromatic N) is 3. The van der Waals surface area contributed by atoms with Gasteiger partial charge in [-0.1, -0.05) is 24.3 Å². The van der Waals surface area contributed by atoms with Crippen molar-refractivity contribution >= 4 is 32.7 Å². The molecule has 0 aliphatic rings. The molecule has 0 atom stereocenters. The fraction of sp³-hybridized carbons (Fsp3) is 0.133. The van der Waals surface area contributed by atoms with Crippen molar-refractivity contribution in [2.75, 3.05) is 12.4 Å². The summed E-state index contributed by atoms with van der Waals surface area (Å²) < 4.78 is 0.879. The highest BCUT2D eigenvalue weighted by Crippen LogP contribution is 2.26. The minimum atomic E-state index is 0.626. The van der Waals surface area contributed by atoms with Crippen molar-refractivity contribution in [3.05, 3.63) is 46.6 Å². The van der Waals surface area contributed by atoms with Crippen LogP contribution in [0.2, 0.25) is 0 Å². The van der Waals surface area contributed by atoms with Gasteiger partial charge in [0.25, 0.3) is 0 Å². The lowest BCUT2D eigenvalue weighted by molar-refractivity contribution is 1.08. The SMILES string of the molecule is CNc1nc(-c2ccc3ccccc3n2)nc(C)c1Br. The third-order valence-corrected chi connectivity index (χ3v) is 4.03. The summed E-state index contributed by atoms with van der Waals surface area (Å²) in [6, 6.07) is 12.0. The Morgan fingerprint density at radius 1 is 1.00 bits per heavy atom. The van der Waals surface area contributed by atoms with E-state index in [0.717, 1.165) is 32.6 Å². The van der Waals surface area contributed by atoms with Gasteiger partial charge < -0.3 is 5.32 Å². The summed E-state index contributed by atoms with van der Waals surface area (Å²) in [6.07, 6.45) is 0. The Morgan fingerprint density at radius 3 is 2.60 bits per heavy atom. The number of anilines is 1. The van der Waals surface area contributed by atoms with Crippen LogP contribution in [0.1, 0.15) is 5.69 Å². The topological polar surface area (TPSA) is 50.7 Å². The normalized spacial score (nSPS) is 10.8. The van der Waals surface area contributed by atoms with E-state index in [1.165, 1.54) is 0 Å². The number of rotatable bonds is 2. The number of aryl methyl sites for hydroxylation is 1. The molecular weight excluding hydrogens is 316 g/mol. The molecule has 3 aromatic rings. The summed E-state index contributed by atoms with van der Waals surface area (Å²) >= 11 is 3.48. The minimum Gasteiger partial charge on any atom is -0.372 e. The number of aromatic nitrogens is 3. The van der Waals surface area contributed by atoms with Crippen LogP contribution in [0.5, 0.6) is 0 Å². The predicted molar refractivity (Wildman–Crippen MR) is 84.8 cm³/mol. The Bertz CT molecular complexity index is 786. The van der Waals surface area contributed by atoms with Crippen LogP contribution in [0, 0.1) is 6.92 Å². The summed E-state index contributed by atoms with van der Waals surface area (Å²) in [4.78, 5) is 13.6. The fourth-order valence-corrected chi connectivity index (χ4v) is 2.41. The molecule has 2 heterocycles. The molecule has 0 unspecified atom stereocenters. The van der Waals surface area contributed by atoms with E-state index in [2.05, 4.69) is 36.2 Å². The highest BCUT2D eigenvalue weighted by Gasteiger charge is 2.11. The van der Waals surface area contributed by atoms with Gasteiger partial charge in [-0.25, -0.2) is 15.0 Å². The van der Waals surface area contributed by atoms with Gasteiger partial charge in [-0.15, -0.1) is 0 Å². The van der Waals surface area contributed by atoms with Crippen molar-refractivity contribution in [2.45, 2.75) is 6.92 Å². The lowest BCUT2D eigenvalue weighted by Crippen LogP contribution is -2.01. The molecule has 2 aromatic heterocycles. The van der Waals surface area contributed by atoms with Crippen molar-refractivity contribution in [3.63, 3.8) is 0 Å². The Balaban J connectivity index is 2.17. The first-order valence-corrected chi connectivity index (χ1v) is 7.06. The van der Waals surface area contributed by atoms with Crippen molar-refractivity contribution in [3.8, 4) is 11.5 Å². The maximum Gasteiger partial charge on any atom is 0.180 e. The molecule has 0 spiro atoms. The standard InChI is InChI=1S/C15H13BrN4/c1-9-13(16)15(17-2)20-14(18-9)12-8-7-10-5-3-4-6-11(10)19-12/h3-8H,1-2H3,(H,17,18,20). The molecule has 0 aliphatic carbocycles. The number of halogens is 1. The predicted octanol–water partition coefficient (Wildman–Crippen LogP) is 3.80. The largest absolute Gasteiger partial charge is 0.372 e. The molecule has 0 bridgehead atoms. The van der Waals surface area contributed by atoms with E-state index in [1.807, 2.05) is 50.4 Å². The van der Waals surface area contributed by atoms with Crippen molar-refractivity contribution in [2.24, 2.45) is 0 Å². The number of pyridine rings is 1. The van der Waals surface area contributed by atoms with Crippen LogP contribution in [0.3, 0.4) is 0 Å². The van der Waals surface area contributed by atoms with Gasteiger partial charge in [0, 0.05) is 12.4 Å². The summed E-state index contributed by atoms with van der Waals surface area (Å²) in [5, 5.41) is 4.17. The van der Waals surface area contributed by atoms with E-state index < -0.39 is 0 Å². The van der Waals surface area contributed by atoms with E-state index in [-0.39, 0.29) is 0 Å². The van der Waals surface area contributed by atoms with Crippen molar-refractivity contribution in [1.82, 2.24) is 15.0 Å². The highest BCUT2D eigenvalue weighted by molar-refractivity contribution is 9.10. The van der Waals surface area contributed by atoms with Gasteiger partial charge in [0.15, 0.2) is 5.82 Å². The molecule has 5 heteroatoms. The second kappa shape index (κ2) is 5.17. The van der Waals surface area contributed by atoms with E-state index in [1.54, 1.807) is 0 Å². The second-order valence-electron chi connectivity index (χ2n) is 4.43. The fourth-order valence-electron chi connectivity index (χ4n) is 2.03. The summed E-state index contributed by atoms with van der Waals surface area (Å²) in [6.45, 7) is 1.94. The third-order valence-electron chi connectivity index (χ3n) is 3.08. The smallest absolute Gasteiger partial charge is 0.180 e. The maximum atomic E-state index is 4.62. The second-order valence-corrected chi connectivity index (χ2v) is 5.23. The number of fused-ring (bicyclic) bond motifs is 1. The molecule has 1 aromatic carbocycles. The lowest BCUT2D eigenvalue weighted by atomic mass is 10.2.